The molecule has 0 amide bonds. The van der Waals surface area contributed by atoms with Gasteiger partial charge in [0.05, 0.1) is 29.7 Å². The van der Waals surface area contributed by atoms with Gasteiger partial charge in [0.15, 0.2) is 0 Å². The minimum Gasteiger partial charge on any atom is -0.392 e. The number of hydrogen-bond acceptors (Lipinski definition) is 4. The first-order chi connectivity index (χ1) is 14.4. The predicted molar refractivity (Wildman–Crippen MR) is 109 cm³/mol. The minimum atomic E-state index is -4.38. The van der Waals surface area contributed by atoms with E-state index in [2.05, 4.69) is 9.88 Å². The second kappa shape index (κ2) is 9.58. The third kappa shape index (κ3) is 5.48. The van der Waals surface area contributed by atoms with Crippen molar-refractivity contribution < 1.29 is 18.3 Å². The number of aliphatic hydroxyl groups excluding tert-OH is 1. The quantitative estimate of drug-likeness (QED) is 0.669. The lowest BCUT2D eigenvalue weighted by Crippen LogP contribution is -2.19. The molecule has 3 heterocycles. The summed E-state index contributed by atoms with van der Waals surface area (Å²) >= 11 is 0. The molecular formula is C22H22F3N3O2. The van der Waals surface area contributed by atoms with E-state index in [9.17, 15) is 23.1 Å². The molecule has 4 rings (SSSR count). The van der Waals surface area contributed by atoms with Gasteiger partial charge in [-0.3, -0.25) is 9.78 Å². The fraction of sp³-hybridized carbons (Fsp3) is 0.273. The lowest BCUT2D eigenvalue weighted by atomic mass is 10.1. The van der Waals surface area contributed by atoms with E-state index in [1.54, 1.807) is 0 Å². The van der Waals surface area contributed by atoms with Crippen LogP contribution in [0.1, 0.15) is 24.0 Å². The predicted octanol–water partition coefficient (Wildman–Crippen LogP) is 4.23. The minimum absolute atomic E-state index is 0.0637. The summed E-state index contributed by atoms with van der Waals surface area (Å²) < 4.78 is 35.4. The normalized spacial score (nSPS) is 13.7. The number of halogens is 3. The molecule has 2 aromatic heterocycles. The first kappa shape index (κ1) is 21.6. The van der Waals surface area contributed by atoms with Gasteiger partial charge in [0.25, 0.3) is 0 Å². The SMILES string of the molecule is O=c1ccc(C(F)(F)F)c[nH]1.OCc1cc(-c2ccccc2)ncc1N1CCCC1. The van der Waals surface area contributed by atoms with Crippen LogP contribution in [-0.4, -0.2) is 28.2 Å². The molecule has 0 saturated carbocycles. The first-order valence-electron chi connectivity index (χ1n) is 9.54. The Labute approximate surface area is 171 Å². The number of nitrogens with one attached hydrogen (secondary N) is 1. The monoisotopic (exact) mass is 417 g/mol. The molecule has 1 saturated heterocycles. The smallest absolute Gasteiger partial charge is 0.392 e. The Bertz CT molecular complexity index is 994. The van der Waals surface area contributed by atoms with Gasteiger partial charge in [0.2, 0.25) is 5.56 Å². The molecule has 0 radical (unpaired) electrons. The lowest BCUT2D eigenvalue weighted by molar-refractivity contribution is -0.137. The highest BCUT2D eigenvalue weighted by Gasteiger charge is 2.30. The molecule has 3 aromatic rings. The van der Waals surface area contributed by atoms with Gasteiger partial charge in [-0.05, 0) is 25.0 Å². The summed E-state index contributed by atoms with van der Waals surface area (Å²) in [4.78, 5) is 19.1. The van der Waals surface area contributed by atoms with Crippen LogP contribution in [0.15, 0.2) is 65.7 Å². The molecule has 0 atom stereocenters. The van der Waals surface area contributed by atoms with Crippen molar-refractivity contribution in [3.05, 3.63) is 82.4 Å². The van der Waals surface area contributed by atoms with E-state index in [4.69, 9.17) is 0 Å². The number of nitrogens with zero attached hydrogens (tertiary/aromatic N) is 2. The number of aliphatic hydroxyl groups is 1. The van der Waals surface area contributed by atoms with Crippen molar-refractivity contribution in [1.82, 2.24) is 9.97 Å². The molecule has 0 unspecified atom stereocenters. The zero-order chi connectivity index (χ0) is 21.6. The molecule has 2 N–H and O–H groups in total. The van der Waals surface area contributed by atoms with Gasteiger partial charge in [-0.2, -0.15) is 13.2 Å². The fourth-order valence-corrected chi connectivity index (χ4v) is 3.21. The zero-order valence-electron chi connectivity index (χ0n) is 16.2. The van der Waals surface area contributed by atoms with Crippen molar-refractivity contribution in [3.8, 4) is 11.3 Å². The summed E-state index contributed by atoms with van der Waals surface area (Å²) in [6.45, 7) is 2.20. The third-order valence-corrected chi connectivity index (χ3v) is 4.76. The van der Waals surface area contributed by atoms with E-state index in [-0.39, 0.29) is 6.61 Å². The van der Waals surface area contributed by atoms with Crippen LogP contribution >= 0.6 is 0 Å². The van der Waals surface area contributed by atoms with Crippen LogP contribution in [0.2, 0.25) is 0 Å². The molecular weight excluding hydrogens is 395 g/mol. The number of pyridine rings is 2. The number of benzene rings is 1. The van der Waals surface area contributed by atoms with E-state index in [0.717, 1.165) is 47.7 Å². The van der Waals surface area contributed by atoms with Crippen molar-refractivity contribution >= 4 is 5.69 Å². The Morgan fingerprint density at radius 2 is 1.77 bits per heavy atom. The Balaban J connectivity index is 0.000000199. The molecule has 1 aliphatic heterocycles. The number of rotatable bonds is 3. The molecule has 5 nitrogen and oxygen atoms in total. The molecule has 0 aliphatic carbocycles. The summed E-state index contributed by atoms with van der Waals surface area (Å²) in [5.74, 6) is 0. The molecule has 1 aromatic carbocycles. The van der Waals surface area contributed by atoms with Gasteiger partial charge < -0.3 is 15.0 Å². The van der Waals surface area contributed by atoms with E-state index in [0.29, 0.717) is 6.20 Å². The summed E-state index contributed by atoms with van der Waals surface area (Å²) in [5.41, 5.74) is 2.67. The molecule has 0 spiro atoms. The highest BCUT2D eigenvalue weighted by molar-refractivity contribution is 5.64. The molecule has 1 fully saturated rings. The topological polar surface area (TPSA) is 69.2 Å². The van der Waals surface area contributed by atoms with E-state index in [1.807, 2.05) is 47.6 Å². The Morgan fingerprint density at radius 1 is 1.07 bits per heavy atom. The van der Waals surface area contributed by atoms with Crippen molar-refractivity contribution in [2.24, 2.45) is 0 Å². The molecule has 0 bridgehead atoms. The maximum absolute atomic E-state index is 11.8. The molecule has 1 aliphatic rings. The molecule has 8 heteroatoms. The van der Waals surface area contributed by atoms with Gasteiger partial charge in [-0.15, -0.1) is 0 Å². The number of aromatic nitrogens is 2. The Hall–Kier alpha value is -3.13. The van der Waals surface area contributed by atoms with Gasteiger partial charge >= 0.3 is 6.18 Å². The van der Waals surface area contributed by atoms with Crippen LogP contribution in [0.3, 0.4) is 0 Å². The van der Waals surface area contributed by atoms with Crippen molar-refractivity contribution in [1.29, 1.82) is 0 Å². The van der Waals surface area contributed by atoms with E-state index < -0.39 is 17.3 Å². The highest BCUT2D eigenvalue weighted by Crippen LogP contribution is 2.28. The second-order valence-electron chi connectivity index (χ2n) is 6.86. The Kier molecular flexibility index (Phi) is 6.89. The first-order valence-corrected chi connectivity index (χ1v) is 9.54. The summed E-state index contributed by atoms with van der Waals surface area (Å²) in [6, 6.07) is 13.7. The Morgan fingerprint density at radius 3 is 2.33 bits per heavy atom. The summed E-state index contributed by atoms with van der Waals surface area (Å²) in [7, 11) is 0. The number of alkyl halides is 3. The van der Waals surface area contributed by atoms with Gasteiger partial charge in [-0.25, -0.2) is 0 Å². The average molecular weight is 417 g/mol. The number of anilines is 1. The highest BCUT2D eigenvalue weighted by atomic mass is 19.4. The lowest BCUT2D eigenvalue weighted by Gasteiger charge is -2.20. The van der Waals surface area contributed by atoms with Gasteiger partial charge in [0, 0.05) is 36.5 Å². The van der Waals surface area contributed by atoms with Gasteiger partial charge in [-0.1, -0.05) is 30.3 Å². The maximum atomic E-state index is 11.8. The summed E-state index contributed by atoms with van der Waals surface area (Å²) in [5, 5.41) is 9.60. The number of H-pyrrole nitrogens is 1. The number of hydrogen-bond donors (Lipinski definition) is 2. The maximum Gasteiger partial charge on any atom is 0.417 e. The van der Waals surface area contributed by atoms with Gasteiger partial charge in [0.1, 0.15) is 0 Å². The number of aromatic amines is 1. The molecule has 30 heavy (non-hydrogen) atoms. The average Bonchev–Trinajstić information content (AvgIpc) is 3.29. The van der Waals surface area contributed by atoms with Crippen molar-refractivity contribution in [2.75, 3.05) is 18.0 Å². The van der Waals surface area contributed by atoms with E-state index in [1.165, 1.54) is 12.8 Å². The standard InChI is InChI=1S/C16H18N2O.C6H4F3NO/c19-12-14-10-15(13-6-2-1-3-7-13)17-11-16(14)18-8-4-5-9-18;7-6(8,9)4-1-2-5(11)10-3-4/h1-3,6-7,10-11,19H,4-5,8-9,12H2;1-3H,(H,10,11). The van der Waals surface area contributed by atoms with Crippen LogP contribution in [0.5, 0.6) is 0 Å². The van der Waals surface area contributed by atoms with Crippen LogP contribution in [0.25, 0.3) is 11.3 Å². The van der Waals surface area contributed by atoms with Crippen LogP contribution in [0.4, 0.5) is 18.9 Å². The summed E-state index contributed by atoms with van der Waals surface area (Å²) in [6.07, 6.45) is 0.613. The van der Waals surface area contributed by atoms with Crippen molar-refractivity contribution in [3.63, 3.8) is 0 Å². The van der Waals surface area contributed by atoms with Crippen LogP contribution in [0, 0.1) is 0 Å². The molecule has 158 valence electrons. The van der Waals surface area contributed by atoms with Crippen LogP contribution in [-0.2, 0) is 12.8 Å². The largest absolute Gasteiger partial charge is 0.417 e. The van der Waals surface area contributed by atoms with Crippen LogP contribution < -0.4 is 10.5 Å². The fourth-order valence-electron chi connectivity index (χ4n) is 3.21. The third-order valence-electron chi connectivity index (χ3n) is 4.76. The zero-order valence-corrected chi connectivity index (χ0v) is 16.2. The second-order valence-corrected chi connectivity index (χ2v) is 6.86. The van der Waals surface area contributed by atoms with E-state index >= 15 is 0 Å². The van der Waals surface area contributed by atoms with Crippen molar-refractivity contribution in [2.45, 2.75) is 25.6 Å².